The van der Waals surface area contributed by atoms with Crippen molar-refractivity contribution in [2.24, 2.45) is 0 Å². The number of ketones is 1. The van der Waals surface area contributed by atoms with Crippen LogP contribution in [0.25, 0.3) is 5.52 Å². The van der Waals surface area contributed by atoms with Gasteiger partial charge in [0.25, 0.3) is 5.91 Å². The molecule has 3 N–H and O–H groups in total. The van der Waals surface area contributed by atoms with Gasteiger partial charge in [-0.15, -0.1) is 0 Å². The Morgan fingerprint density at radius 1 is 1.00 bits per heavy atom. The molecule has 2 aromatic heterocycles. The van der Waals surface area contributed by atoms with Gasteiger partial charge >= 0.3 is 0 Å². The van der Waals surface area contributed by atoms with Crippen LogP contribution in [-0.4, -0.2) is 29.8 Å². The van der Waals surface area contributed by atoms with Crippen molar-refractivity contribution in [3.8, 4) is 11.5 Å². The minimum atomic E-state index is -0.409. The zero-order valence-corrected chi connectivity index (χ0v) is 19.2. The van der Waals surface area contributed by atoms with E-state index in [2.05, 4.69) is 12.2 Å². The number of nitrogens with two attached hydrogens (primary N) is 1. The van der Waals surface area contributed by atoms with Gasteiger partial charge in [0.1, 0.15) is 17.2 Å². The summed E-state index contributed by atoms with van der Waals surface area (Å²) in [6.07, 6.45) is 3.74. The highest BCUT2D eigenvalue weighted by molar-refractivity contribution is 6.20. The van der Waals surface area contributed by atoms with Gasteiger partial charge in [0.05, 0.1) is 30.5 Å². The number of aromatic nitrogens is 1. The molecular formula is C27H27N3O4. The molecule has 0 atom stereocenters. The van der Waals surface area contributed by atoms with Crippen LogP contribution in [0.15, 0.2) is 72.9 Å². The number of methoxy groups -OCH3 is 1. The lowest BCUT2D eigenvalue weighted by Gasteiger charge is -2.08. The average molecular weight is 458 g/mol. The molecule has 0 aliphatic rings. The number of ether oxygens (including phenoxy) is 2. The lowest BCUT2D eigenvalue weighted by molar-refractivity contribution is 0.102. The smallest absolute Gasteiger partial charge is 0.259 e. The van der Waals surface area contributed by atoms with Crippen molar-refractivity contribution in [2.75, 3.05) is 24.8 Å². The summed E-state index contributed by atoms with van der Waals surface area (Å²) in [7, 11) is 1.56. The highest BCUT2D eigenvalue weighted by atomic mass is 16.5. The molecule has 174 valence electrons. The maximum absolute atomic E-state index is 13.4. The fourth-order valence-corrected chi connectivity index (χ4v) is 3.77. The van der Waals surface area contributed by atoms with Gasteiger partial charge in [-0.3, -0.25) is 9.59 Å². The maximum atomic E-state index is 13.4. The van der Waals surface area contributed by atoms with Crippen LogP contribution in [0.3, 0.4) is 0 Å². The van der Waals surface area contributed by atoms with E-state index in [1.165, 1.54) is 0 Å². The zero-order valence-electron chi connectivity index (χ0n) is 19.2. The van der Waals surface area contributed by atoms with Gasteiger partial charge in [-0.1, -0.05) is 25.5 Å². The fourth-order valence-electron chi connectivity index (χ4n) is 3.77. The van der Waals surface area contributed by atoms with Gasteiger partial charge in [0.15, 0.2) is 0 Å². The van der Waals surface area contributed by atoms with Gasteiger partial charge in [0.2, 0.25) is 5.78 Å². The molecule has 0 aliphatic carbocycles. The first-order valence-electron chi connectivity index (χ1n) is 11.1. The Morgan fingerprint density at radius 2 is 1.79 bits per heavy atom. The number of hydrogen-bond donors (Lipinski definition) is 2. The Labute approximate surface area is 198 Å². The number of amides is 1. The highest BCUT2D eigenvalue weighted by Gasteiger charge is 2.26. The molecule has 7 heteroatoms. The summed E-state index contributed by atoms with van der Waals surface area (Å²) >= 11 is 0. The predicted molar refractivity (Wildman–Crippen MR) is 133 cm³/mol. The third kappa shape index (κ3) is 4.59. The quantitative estimate of drug-likeness (QED) is 0.266. The molecule has 0 spiro atoms. The van der Waals surface area contributed by atoms with Crippen LogP contribution in [-0.2, 0) is 0 Å². The SMILES string of the molecule is CCCCOc1ccc(C(=O)c2c(N)c(C(=O)Nc3cccc(OC)c3)c3ccccn23)cc1. The number of unbranched alkanes of at least 4 members (excludes halogenated alkanes) is 1. The summed E-state index contributed by atoms with van der Waals surface area (Å²) < 4.78 is 12.6. The van der Waals surface area contributed by atoms with Gasteiger partial charge in [-0.2, -0.15) is 0 Å². The number of carbonyl (C=O) groups is 2. The molecule has 0 unspecified atom stereocenters. The summed E-state index contributed by atoms with van der Waals surface area (Å²) in [5, 5.41) is 2.85. The van der Waals surface area contributed by atoms with Crippen LogP contribution < -0.4 is 20.5 Å². The molecule has 0 radical (unpaired) electrons. The van der Waals surface area contributed by atoms with Crippen molar-refractivity contribution < 1.29 is 19.1 Å². The van der Waals surface area contributed by atoms with E-state index in [0.29, 0.717) is 34.9 Å². The minimum Gasteiger partial charge on any atom is -0.497 e. The largest absolute Gasteiger partial charge is 0.497 e. The Kier molecular flexibility index (Phi) is 6.82. The monoisotopic (exact) mass is 457 g/mol. The molecule has 2 heterocycles. The number of hydrogen-bond acceptors (Lipinski definition) is 5. The van der Waals surface area contributed by atoms with Gasteiger partial charge in [0, 0.05) is 23.5 Å². The third-order valence-corrected chi connectivity index (χ3v) is 5.53. The van der Waals surface area contributed by atoms with Crippen LogP contribution in [0.5, 0.6) is 11.5 Å². The first-order chi connectivity index (χ1) is 16.5. The summed E-state index contributed by atoms with van der Waals surface area (Å²) in [5.41, 5.74) is 8.59. The fraction of sp³-hybridized carbons (Fsp3) is 0.185. The van der Waals surface area contributed by atoms with E-state index in [-0.39, 0.29) is 22.7 Å². The van der Waals surface area contributed by atoms with Gasteiger partial charge < -0.3 is 24.9 Å². The lowest BCUT2D eigenvalue weighted by Crippen LogP contribution is -2.14. The molecule has 4 rings (SSSR count). The zero-order chi connectivity index (χ0) is 24.1. The van der Waals surface area contributed by atoms with E-state index in [1.807, 2.05) is 0 Å². The van der Waals surface area contributed by atoms with E-state index in [1.54, 1.807) is 84.4 Å². The number of pyridine rings is 1. The number of anilines is 2. The Morgan fingerprint density at radius 3 is 2.53 bits per heavy atom. The second-order valence-corrected chi connectivity index (χ2v) is 7.83. The molecule has 0 saturated carbocycles. The van der Waals surface area contributed by atoms with Gasteiger partial charge in [-0.05, 0) is 55.0 Å². The first kappa shape index (κ1) is 22.9. The number of nitrogens with zero attached hydrogens (tertiary/aromatic N) is 1. The molecule has 0 aliphatic heterocycles. The molecule has 7 nitrogen and oxygen atoms in total. The highest BCUT2D eigenvalue weighted by Crippen LogP contribution is 2.30. The van der Waals surface area contributed by atoms with Crippen LogP contribution in [0.2, 0.25) is 0 Å². The van der Waals surface area contributed by atoms with Crippen LogP contribution in [0.1, 0.15) is 46.2 Å². The molecular weight excluding hydrogens is 430 g/mol. The molecule has 0 fully saturated rings. The molecule has 0 bridgehead atoms. The van der Waals surface area contributed by atoms with E-state index >= 15 is 0 Å². The van der Waals surface area contributed by atoms with Crippen molar-refractivity contribution in [1.29, 1.82) is 0 Å². The predicted octanol–water partition coefficient (Wildman–Crippen LogP) is 5.19. The van der Waals surface area contributed by atoms with Crippen LogP contribution in [0.4, 0.5) is 11.4 Å². The van der Waals surface area contributed by atoms with Crippen molar-refractivity contribution in [1.82, 2.24) is 4.40 Å². The number of carbonyl (C=O) groups excluding carboxylic acids is 2. The summed E-state index contributed by atoms with van der Waals surface area (Å²) in [5.74, 6) is 0.634. The molecule has 0 saturated heterocycles. The number of nitrogens with one attached hydrogen (secondary N) is 1. The number of nitrogen functional groups attached to an aromatic ring is 1. The molecule has 4 aromatic rings. The van der Waals surface area contributed by atoms with E-state index in [0.717, 1.165) is 12.8 Å². The number of rotatable bonds is 9. The second kappa shape index (κ2) is 10.1. The molecule has 1 amide bonds. The Hall–Kier alpha value is -4.26. The van der Waals surface area contributed by atoms with E-state index in [9.17, 15) is 9.59 Å². The minimum absolute atomic E-state index is 0.125. The summed E-state index contributed by atoms with van der Waals surface area (Å²) in [6.45, 7) is 2.73. The van der Waals surface area contributed by atoms with Crippen LogP contribution >= 0.6 is 0 Å². The topological polar surface area (TPSA) is 95.1 Å². The second-order valence-electron chi connectivity index (χ2n) is 7.83. The van der Waals surface area contributed by atoms with Crippen LogP contribution in [0, 0.1) is 0 Å². The van der Waals surface area contributed by atoms with Crippen molar-refractivity contribution >= 4 is 28.6 Å². The lowest BCUT2D eigenvalue weighted by atomic mass is 10.1. The summed E-state index contributed by atoms with van der Waals surface area (Å²) in [6, 6.07) is 19.3. The van der Waals surface area contributed by atoms with E-state index < -0.39 is 5.91 Å². The normalized spacial score (nSPS) is 10.8. The number of benzene rings is 2. The Balaban J connectivity index is 1.67. The maximum Gasteiger partial charge on any atom is 0.259 e. The standard InChI is InChI=1S/C27H27N3O4/c1-3-4-16-34-20-13-11-18(12-14-20)26(31)25-24(28)23(22-10-5-6-15-30(22)25)27(32)29-19-8-7-9-21(17-19)33-2/h5-15,17H,3-4,16,28H2,1-2H3,(H,29,32). The molecule has 2 aromatic carbocycles. The third-order valence-electron chi connectivity index (χ3n) is 5.53. The molecule has 34 heavy (non-hydrogen) atoms. The number of fused-ring (bicyclic) bond motifs is 1. The van der Waals surface area contributed by atoms with Crippen molar-refractivity contribution in [3.05, 3.63) is 89.7 Å². The first-order valence-corrected chi connectivity index (χ1v) is 11.1. The van der Waals surface area contributed by atoms with Crippen molar-refractivity contribution in [2.45, 2.75) is 19.8 Å². The van der Waals surface area contributed by atoms with Crippen molar-refractivity contribution in [3.63, 3.8) is 0 Å². The average Bonchev–Trinajstić information content (AvgIpc) is 3.16. The van der Waals surface area contributed by atoms with Gasteiger partial charge in [-0.25, -0.2) is 0 Å². The van der Waals surface area contributed by atoms with E-state index in [4.69, 9.17) is 15.2 Å². The Bertz CT molecular complexity index is 1330. The summed E-state index contributed by atoms with van der Waals surface area (Å²) in [4.78, 5) is 26.7.